The molecule has 0 aromatic carbocycles. The number of thiophene rings is 1. The van der Waals surface area contributed by atoms with Crippen LogP contribution in [0.15, 0.2) is 28.4 Å². The molecule has 1 N–H and O–H groups in total. The normalized spacial score (nSPS) is 17.2. The Labute approximate surface area is 143 Å². The van der Waals surface area contributed by atoms with E-state index in [0.29, 0.717) is 11.8 Å². The topological polar surface area (TPSA) is 76.3 Å². The highest BCUT2D eigenvalue weighted by molar-refractivity contribution is 7.10. The predicted octanol–water partition coefficient (Wildman–Crippen LogP) is 2.47. The number of hydrogen-bond donors (Lipinski definition) is 1. The number of hydrogen-bond acceptors (Lipinski definition) is 8. The van der Waals surface area contributed by atoms with Crippen molar-refractivity contribution in [2.75, 3.05) is 38.2 Å². The first-order valence-corrected chi connectivity index (χ1v) is 8.87. The minimum absolute atomic E-state index is 0.291. The largest absolute Gasteiger partial charge is 0.379 e. The maximum absolute atomic E-state index is 5.49. The Morgan fingerprint density at radius 3 is 3.00 bits per heavy atom. The van der Waals surface area contributed by atoms with Crippen molar-refractivity contribution in [1.82, 2.24) is 20.0 Å². The molecule has 1 aliphatic rings. The van der Waals surface area contributed by atoms with Gasteiger partial charge in [0.05, 0.1) is 24.9 Å². The van der Waals surface area contributed by atoms with Crippen LogP contribution in [0.25, 0.3) is 11.1 Å². The van der Waals surface area contributed by atoms with Crippen LogP contribution in [-0.4, -0.2) is 52.9 Å². The Morgan fingerprint density at radius 1 is 1.33 bits per heavy atom. The number of anilines is 1. The molecule has 1 fully saturated rings. The molecular formula is C16H19N5O2S. The zero-order valence-electron chi connectivity index (χ0n) is 13.4. The summed E-state index contributed by atoms with van der Waals surface area (Å²) in [5.41, 5.74) is 1.32. The summed E-state index contributed by atoms with van der Waals surface area (Å²) in [4.78, 5) is 12.3. The number of nitrogens with zero attached hydrogens (tertiary/aromatic N) is 4. The van der Waals surface area contributed by atoms with E-state index >= 15 is 0 Å². The number of aryl methyl sites for hydroxylation is 1. The van der Waals surface area contributed by atoms with Gasteiger partial charge in [-0.25, -0.2) is 4.98 Å². The predicted molar refractivity (Wildman–Crippen MR) is 92.3 cm³/mol. The second kappa shape index (κ2) is 6.84. The van der Waals surface area contributed by atoms with Crippen LogP contribution in [0.1, 0.15) is 16.6 Å². The fraction of sp³-hybridized carbons (Fsp3) is 0.438. The molecule has 3 aromatic heterocycles. The minimum atomic E-state index is 0.291. The molecule has 0 amide bonds. The highest BCUT2D eigenvalue weighted by Gasteiger charge is 2.24. The molecule has 1 saturated heterocycles. The van der Waals surface area contributed by atoms with Gasteiger partial charge in [0.1, 0.15) is 17.5 Å². The molecule has 24 heavy (non-hydrogen) atoms. The summed E-state index contributed by atoms with van der Waals surface area (Å²) in [5.74, 6) is 0.772. The Morgan fingerprint density at radius 2 is 2.21 bits per heavy atom. The highest BCUT2D eigenvalue weighted by atomic mass is 32.1. The van der Waals surface area contributed by atoms with E-state index in [4.69, 9.17) is 9.26 Å². The number of fused-ring (bicyclic) bond motifs is 1. The molecule has 0 spiro atoms. The van der Waals surface area contributed by atoms with Crippen LogP contribution in [-0.2, 0) is 4.74 Å². The second-order valence-corrected chi connectivity index (χ2v) is 6.71. The van der Waals surface area contributed by atoms with E-state index in [-0.39, 0.29) is 0 Å². The average Bonchev–Trinajstić information content (AvgIpc) is 3.27. The van der Waals surface area contributed by atoms with E-state index in [1.165, 1.54) is 11.2 Å². The van der Waals surface area contributed by atoms with Crippen molar-refractivity contribution in [2.45, 2.75) is 13.0 Å². The number of nitrogens with one attached hydrogen (secondary N) is 1. The number of morpholine rings is 1. The lowest BCUT2D eigenvalue weighted by Crippen LogP contribution is -2.41. The highest BCUT2D eigenvalue weighted by Crippen LogP contribution is 2.28. The van der Waals surface area contributed by atoms with Crippen molar-refractivity contribution in [1.29, 1.82) is 0 Å². The van der Waals surface area contributed by atoms with Crippen molar-refractivity contribution in [3.8, 4) is 0 Å². The quantitative estimate of drug-likeness (QED) is 0.761. The second-order valence-electron chi connectivity index (χ2n) is 5.73. The van der Waals surface area contributed by atoms with Crippen molar-refractivity contribution in [2.24, 2.45) is 0 Å². The maximum Gasteiger partial charge on any atom is 0.263 e. The van der Waals surface area contributed by atoms with E-state index < -0.39 is 0 Å². The first kappa shape index (κ1) is 15.5. The molecule has 0 bridgehead atoms. The third-order valence-corrected chi connectivity index (χ3v) is 5.24. The van der Waals surface area contributed by atoms with Crippen LogP contribution < -0.4 is 5.32 Å². The van der Waals surface area contributed by atoms with Gasteiger partial charge >= 0.3 is 0 Å². The summed E-state index contributed by atoms with van der Waals surface area (Å²) in [6, 6.07) is 4.58. The van der Waals surface area contributed by atoms with Crippen molar-refractivity contribution in [3.05, 3.63) is 34.4 Å². The van der Waals surface area contributed by atoms with Gasteiger partial charge in [0, 0.05) is 24.5 Å². The Bertz CT molecular complexity index is 798. The van der Waals surface area contributed by atoms with Gasteiger partial charge in [-0.15, -0.1) is 11.3 Å². The summed E-state index contributed by atoms with van der Waals surface area (Å²) in [7, 11) is 0. The molecule has 0 aliphatic carbocycles. The summed E-state index contributed by atoms with van der Waals surface area (Å²) >= 11 is 1.78. The van der Waals surface area contributed by atoms with Gasteiger partial charge in [-0.2, -0.15) is 4.98 Å². The monoisotopic (exact) mass is 345 g/mol. The number of aromatic nitrogens is 3. The lowest BCUT2D eigenvalue weighted by Gasteiger charge is -2.34. The van der Waals surface area contributed by atoms with E-state index in [9.17, 15) is 0 Å². The van der Waals surface area contributed by atoms with Crippen LogP contribution in [0.2, 0.25) is 0 Å². The number of ether oxygens (including phenoxy) is 1. The molecule has 1 aliphatic heterocycles. The van der Waals surface area contributed by atoms with Gasteiger partial charge in [-0.1, -0.05) is 11.2 Å². The van der Waals surface area contributed by atoms with E-state index in [1.807, 2.05) is 6.92 Å². The van der Waals surface area contributed by atoms with Gasteiger partial charge in [-0.05, 0) is 18.4 Å². The molecular weight excluding hydrogens is 326 g/mol. The molecule has 4 rings (SSSR count). The average molecular weight is 345 g/mol. The van der Waals surface area contributed by atoms with Gasteiger partial charge in [0.15, 0.2) is 0 Å². The smallest absolute Gasteiger partial charge is 0.263 e. The zero-order chi connectivity index (χ0) is 16.4. The third-order valence-electron chi connectivity index (χ3n) is 4.26. The minimum Gasteiger partial charge on any atom is -0.379 e. The van der Waals surface area contributed by atoms with Gasteiger partial charge in [0.2, 0.25) is 0 Å². The van der Waals surface area contributed by atoms with E-state index in [0.717, 1.165) is 49.7 Å². The Balaban J connectivity index is 1.57. The van der Waals surface area contributed by atoms with Crippen molar-refractivity contribution >= 4 is 28.3 Å². The zero-order valence-corrected chi connectivity index (χ0v) is 14.3. The molecule has 7 nitrogen and oxygen atoms in total. The SMILES string of the molecule is Cc1noc2ncnc(NCC(c3cccs3)N3CCOCC3)c12. The Hall–Kier alpha value is -2.03. The van der Waals surface area contributed by atoms with Crippen molar-refractivity contribution in [3.63, 3.8) is 0 Å². The fourth-order valence-corrected chi connectivity index (χ4v) is 3.89. The molecule has 4 heterocycles. The molecule has 126 valence electrons. The summed E-state index contributed by atoms with van der Waals surface area (Å²) in [6.45, 7) is 6.11. The van der Waals surface area contributed by atoms with Crippen LogP contribution >= 0.6 is 11.3 Å². The van der Waals surface area contributed by atoms with E-state index in [1.54, 1.807) is 11.3 Å². The standard InChI is InChI=1S/C16H19N5O2S/c1-11-14-15(18-10-19-16(14)23-20-11)17-9-12(13-3-2-8-24-13)21-4-6-22-7-5-21/h2-3,8,10,12H,4-7,9H2,1H3,(H,17,18,19). The van der Waals surface area contributed by atoms with Crippen molar-refractivity contribution < 1.29 is 9.26 Å². The molecule has 0 saturated carbocycles. The maximum atomic E-state index is 5.49. The summed E-state index contributed by atoms with van der Waals surface area (Å²) < 4.78 is 10.7. The lowest BCUT2D eigenvalue weighted by molar-refractivity contribution is 0.0194. The molecule has 1 unspecified atom stereocenters. The summed E-state index contributed by atoms with van der Waals surface area (Å²) in [5, 5.41) is 10.4. The molecule has 3 aromatic rings. The van der Waals surface area contributed by atoms with E-state index in [2.05, 4.69) is 42.9 Å². The van der Waals surface area contributed by atoms with Crippen LogP contribution in [0.4, 0.5) is 5.82 Å². The summed E-state index contributed by atoms with van der Waals surface area (Å²) in [6.07, 6.45) is 1.50. The lowest BCUT2D eigenvalue weighted by atomic mass is 10.2. The van der Waals surface area contributed by atoms with Crippen LogP contribution in [0.3, 0.4) is 0 Å². The van der Waals surface area contributed by atoms with Gasteiger partial charge in [-0.3, -0.25) is 4.90 Å². The van der Waals surface area contributed by atoms with Gasteiger partial charge < -0.3 is 14.6 Å². The van der Waals surface area contributed by atoms with Gasteiger partial charge in [0.25, 0.3) is 5.71 Å². The molecule has 0 radical (unpaired) electrons. The molecule has 1 atom stereocenters. The fourth-order valence-electron chi connectivity index (χ4n) is 3.03. The Kier molecular flexibility index (Phi) is 4.42. The first-order chi connectivity index (χ1) is 11.8. The number of rotatable bonds is 5. The van der Waals surface area contributed by atoms with Crippen LogP contribution in [0, 0.1) is 6.92 Å². The van der Waals surface area contributed by atoms with Crippen LogP contribution in [0.5, 0.6) is 0 Å². The molecule has 8 heteroatoms. The third kappa shape index (κ3) is 3.00. The first-order valence-electron chi connectivity index (χ1n) is 7.99.